The molecule has 1 N–H and O–H groups in total. The van der Waals surface area contributed by atoms with E-state index >= 15 is 0 Å². The Labute approximate surface area is 104 Å². The van der Waals surface area contributed by atoms with Crippen molar-refractivity contribution in [3.63, 3.8) is 0 Å². The molecule has 0 aliphatic heterocycles. The van der Waals surface area contributed by atoms with E-state index in [1.54, 1.807) is 0 Å². The van der Waals surface area contributed by atoms with Crippen LogP contribution < -0.4 is 5.32 Å². The molecule has 0 fully saturated rings. The van der Waals surface area contributed by atoms with Gasteiger partial charge in [-0.15, -0.1) is 0 Å². The van der Waals surface area contributed by atoms with E-state index in [2.05, 4.69) is 56.9 Å². The normalized spacial score (nSPS) is 11.2. The first-order valence-corrected chi connectivity index (χ1v) is 6.19. The molecule has 0 radical (unpaired) electrons. The summed E-state index contributed by atoms with van der Waals surface area (Å²) in [5.74, 6) is 1.12. The van der Waals surface area contributed by atoms with Crippen LogP contribution in [-0.2, 0) is 13.5 Å². The van der Waals surface area contributed by atoms with Crippen LogP contribution in [0.3, 0.4) is 0 Å². The Hall–Kier alpha value is -0.870. The average Bonchev–Trinajstić information content (AvgIpc) is 2.54. The minimum absolute atomic E-state index is 0.952. The molecule has 0 saturated heterocycles. The van der Waals surface area contributed by atoms with Crippen LogP contribution in [0.1, 0.15) is 11.4 Å². The van der Waals surface area contributed by atoms with Crippen molar-refractivity contribution in [2.24, 2.45) is 7.05 Å². The monoisotopic (exact) mass is 281 g/mol. The lowest BCUT2D eigenvalue weighted by Gasteiger charge is -2.02. The van der Waals surface area contributed by atoms with Crippen molar-refractivity contribution in [1.29, 1.82) is 0 Å². The molecule has 0 unspecified atom stereocenters. The zero-order chi connectivity index (χ0) is 11.7. The third-order valence-corrected chi connectivity index (χ3v) is 3.38. The number of rotatable bonds is 3. The highest BCUT2D eigenvalue weighted by atomic mass is 79.9. The fourth-order valence-corrected chi connectivity index (χ4v) is 2.54. The van der Waals surface area contributed by atoms with Gasteiger partial charge in [0.1, 0.15) is 11.3 Å². The Kier molecular flexibility index (Phi) is 3.30. The van der Waals surface area contributed by atoms with Gasteiger partial charge in [0.2, 0.25) is 0 Å². The number of imidazole rings is 1. The van der Waals surface area contributed by atoms with Crippen molar-refractivity contribution in [1.82, 2.24) is 14.9 Å². The highest BCUT2D eigenvalue weighted by molar-refractivity contribution is 9.10. The Morgan fingerprint density at radius 3 is 2.88 bits per heavy atom. The van der Waals surface area contributed by atoms with Crippen molar-refractivity contribution in [2.75, 3.05) is 13.6 Å². The number of fused-ring (bicyclic) bond motifs is 1. The van der Waals surface area contributed by atoms with E-state index in [0.29, 0.717) is 0 Å². The highest BCUT2D eigenvalue weighted by Crippen LogP contribution is 2.25. The third kappa shape index (κ3) is 1.99. The van der Waals surface area contributed by atoms with E-state index in [0.717, 1.165) is 28.8 Å². The number of benzene rings is 1. The van der Waals surface area contributed by atoms with Gasteiger partial charge in [-0.3, -0.25) is 0 Å². The van der Waals surface area contributed by atoms with Gasteiger partial charge in [0.25, 0.3) is 0 Å². The maximum Gasteiger partial charge on any atom is 0.110 e. The third-order valence-electron chi connectivity index (χ3n) is 2.78. The van der Waals surface area contributed by atoms with Gasteiger partial charge in [-0.1, -0.05) is 0 Å². The largest absolute Gasteiger partial charge is 0.331 e. The van der Waals surface area contributed by atoms with Crippen LogP contribution in [0.5, 0.6) is 0 Å². The molecule has 2 aromatic rings. The van der Waals surface area contributed by atoms with Crippen molar-refractivity contribution in [3.8, 4) is 0 Å². The number of nitrogens with zero attached hydrogens (tertiary/aromatic N) is 2. The van der Waals surface area contributed by atoms with E-state index in [1.165, 1.54) is 11.1 Å². The van der Waals surface area contributed by atoms with Gasteiger partial charge < -0.3 is 9.88 Å². The highest BCUT2D eigenvalue weighted by Gasteiger charge is 2.10. The van der Waals surface area contributed by atoms with E-state index in [-0.39, 0.29) is 0 Å². The van der Waals surface area contributed by atoms with Gasteiger partial charge in [-0.2, -0.15) is 0 Å². The number of aromatic nitrogens is 2. The first-order valence-electron chi connectivity index (χ1n) is 5.39. The number of nitrogens with one attached hydrogen (secondary N) is 1. The Morgan fingerprint density at radius 1 is 1.44 bits per heavy atom. The number of aryl methyl sites for hydroxylation is 2. The predicted molar refractivity (Wildman–Crippen MR) is 70.8 cm³/mol. The molecule has 1 aromatic heterocycles. The van der Waals surface area contributed by atoms with E-state index in [4.69, 9.17) is 0 Å². The van der Waals surface area contributed by atoms with Crippen LogP contribution in [0.4, 0.5) is 0 Å². The first kappa shape index (κ1) is 11.6. The molecule has 86 valence electrons. The molecule has 16 heavy (non-hydrogen) atoms. The summed E-state index contributed by atoms with van der Waals surface area (Å²) in [5.41, 5.74) is 3.50. The topological polar surface area (TPSA) is 29.9 Å². The van der Waals surface area contributed by atoms with E-state index in [9.17, 15) is 0 Å². The second-order valence-corrected chi connectivity index (χ2v) is 4.91. The molecule has 1 aromatic carbocycles. The Bertz CT molecular complexity index is 516. The van der Waals surface area contributed by atoms with Gasteiger partial charge >= 0.3 is 0 Å². The summed E-state index contributed by atoms with van der Waals surface area (Å²) in [7, 11) is 4.04. The summed E-state index contributed by atoms with van der Waals surface area (Å²) in [6, 6.07) is 4.28. The summed E-state index contributed by atoms with van der Waals surface area (Å²) in [6.45, 7) is 3.05. The van der Waals surface area contributed by atoms with E-state index in [1.807, 2.05) is 7.05 Å². The van der Waals surface area contributed by atoms with Crippen molar-refractivity contribution >= 4 is 27.0 Å². The molecule has 0 aliphatic carbocycles. The van der Waals surface area contributed by atoms with Gasteiger partial charge in [0.15, 0.2) is 0 Å². The van der Waals surface area contributed by atoms with Gasteiger partial charge in [-0.25, -0.2) is 4.98 Å². The summed E-state index contributed by atoms with van der Waals surface area (Å²) in [4.78, 5) is 4.67. The quantitative estimate of drug-likeness (QED) is 0.937. The summed E-state index contributed by atoms with van der Waals surface area (Å²) < 4.78 is 3.25. The van der Waals surface area contributed by atoms with Crippen LogP contribution in [0.2, 0.25) is 0 Å². The predicted octanol–water partition coefficient (Wildman–Crippen LogP) is 2.41. The second-order valence-electron chi connectivity index (χ2n) is 4.06. The average molecular weight is 282 g/mol. The minimum Gasteiger partial charge on any atom is -0.331 e. The molecule has 0 bridgehead atoms. The molecule has 0 amide bonds. The number of hydrogen-bond donors (Lipinski definition) is 1. The van der Waals surface area contributed by atoms with Crippen molar-refractivity contribution in [3.05, 3.63) is 28.0 Å². The second kappa shape index (κ2) is 4.55. The molecule has 0 saturated carbocycles. The molecule has 4 heteroatoms. The van der Waals surface area contributed by atoms with Gasteiger partial charge in [0.05, 0.1) is 5.52 Å². The van der Waals surface area contributed by atoms with Crippen LogP contribution in [0.25, 0.3) is 11.0 Å². The Morgan fingerprint density at radius 2 is 2.19 bits per heavy atom. The number of halogens is 1. The number of hydrogen-bond acceptors (Lipinski definition) is 2. The zero-order valence-electron chi connectivity index (χ0n) is 9.84. The number of likely N-dealkylation sites (N-methyl/N-ethyl adjacent to an activating group) is 1. The molecular weight excluding hydrogens is 266 g/mol. The van der Waals surface area contributed by atoms with Gasteiger partial charge in [0, 0.05) is 24.5 Å². The maximum absolute atomic E-state index is 4.67. The first-order chi connectivity index (χ1) is 7.63. The molecule has 0 aliphatic rings. The molecule has 0 atom stereocenters. The lowest BCUT2D eigenvalue weighted by Crippen LogP contribution is -2.12. The van der Waals surface area contributed by atoms with Crippen LogP contribution in [-0.4, -0.2) is 23.1 Å². The lowest BCUT2D eigenvalue weighted by atomic mass is 10.2. The van der Waals surface area contributed by atoms with Crippen LogP contribution in [0, 0.1) is 6.92 Å². The van der Waals surface area contributed by atoms with E-state index < -0.39 is 0 Å². The molecular formula is C12H16BrN3. The van der Waals surface area contributed by atoms with Crippen molar-refractivity contribution < 1.29 is 0 Å². The summed E-state index contributed by atoms with van der Waals surface area (Å²) in [5, 5.41) is 3.15. The fourth-order valence-electron chi connectivity index (χ4n) is 1.89. The van der Waals surface area contributed by atoms with Gasteiger partial charge in [-0.05, 0) is 47.6 Å². The standard InChI is InChI=1S/C12H16BrN3/c1-8-6-9(13)12-10(7-8)16(3)11(15-12)4-5-14-2/h6-7,14H,4-5H2,1-3H3. The van der Waals surface area contributed by atoms with Crippen LogP contribution >= 0.6 is 15.9 Å². The SMILES string of the molecule is CNCCc1nc2c(Br)cc(C)cc2n1C. The minimum atomic E-state index is 0.952. The molecule has 0 spiro atoms. The maximum atomic E-state index is 4.67. The molecule has 1 heterocycles. The summed E-state index contributed by atoms with van der Waals surface area (Å²) >= 11 is 3.57. The lowest BCUT2D eigenvalue weighted by molar-refractivity contribution is 0.726. The molecule has 2 rings (SSSR count). The van der Waals surface area contributed by atoms with Crippen LogP contribution in [0.15, 0.2) is 16.6 Å². The zero-order valence-corrected chi connectivity index (χ0v) is 11.4. The Balaban J connectivity index is 2.54. The fraction of sp³-hybridized carbons (Fsp3) is 0.417. The summed E-state index contributed by atoms with van der Waals surface area (Å²) in [6.07, 6.45) is 0.952. The smallest absolute Gasteiger partial charge is 0.110 e. The van der Waals surface area contributed by atoms with Crippen molar-refractivity contribution in [2.45, 2.75) is 13.3 Å². The molecule has 3 nitrogen and oxygen atoms in total.